The fraction of sp³-hybridized carbons (Fsp3) is 0.176. The number of nitrogens with zero attached hydrogens (tertiary/aromatic N) is 1. The van der Waals surface area contributed by atoms with Gasteiger partial charge in [0.05, 0.1) is 5.56 Å². The van der Waals surface area contributed by atoms with Crippen LogP contribution in [0.4, 0.5) is 5.82 Å². The number of nitrogen functional groups attached to an aromatic ring is 1. The van der Waals surface area contributed by atoms with Crippen LogP contribution in [0.5, 0.6) is 0 Å². The summed E-state index contributed by atoms with van der Waals surface area (Å²) in [5.74, 6) is 2.77. The topological polar surface area (TPSA) is 65.6 Å². The largest absolute Gasteiger partial charge is 0.384 e. The number of pyridine rings is 1. The van der Waals surface area contributed by atoms with Crippen molar-refractivity contribution in [2.45, 2.75) is 20.8 Å². The maximum Gasteiger partial charge on any atom is 0.121 e. The van der Waals surface area contributed by atoms with Crippen LogP contribution in [0.3, 0.4) is 0 Å². The van der Waals surface area contributed by atoms with Crippen LogP contribution >= 0.6 is 12.2 Å². The third-order valence-corrected chi connectivity index (χ3v) is 3.15. The maximum absolute atomic E-state index is 9.27. The highest BCUT2D eigenvalue weighted by atomic mass is 32.1. The van der Waals surface area contributed by atoms with E-state index in [1.807, 2.05) is 45.0 Å². The predicted molar refractivity (Wildman–Crippen MR) is 90.2 cm³/mol. The number of aryl methyl sites for hydroxylation is 1. The molecular weight excluding hydrogens is 278 g/mol. The highest BCUT2D eigenvalue weighted by molar-refractivity contribution is 7.71. The van der Waals surface area contributed by atoms with Gasteiger partial charge >= 0.3 is 0 Å². The Balaban J connectivity index is 0.00000106. The van der Waals surface area contributed by atoms with Gasteiger partial charge in [0.2, 0.25) is 0 Å². The monoisotopic (exact) mass is 295 g/mol. The van der Waals surface area contributed by atoms with E-state index in [1.165, 1.54) is 0 Å². The van der Waals surface area contributed by atoms with Crippen molar-refractivity contribution in [1.82, 2.24) is 4.98 Å². The van der Waals surface area contributed by atoms with Gasteiger partial charge in [-0.25, -0.2) is 0 Å². The molecule has 0 atom stereocenters. The lowest BCUT2D eigenvalue weighted by Gasteiger charge is -2.10. The van der Waals surface area contributed by atoms with Gasteiger partial charge in [-0.1, -0.05) is 61.8 Å². The second-order valence-corrected chi connectivity index (χ2v) is 4.52. The molecule has 0 amide bonds. The van der Waals surface area contributed by atoms with E-state index in [1.54, 1.807) is 0 Å². The summed E-state index contributed by atoms with van der Waals surface area (Å²) in [7, 11) is 0. The van der Waals surface area contributed by atoms with E-state index < -0.39 is 0 Å². The summed E-state index contributed by atoms with van der Waals surface area (Å²) >= 11 is 5.17. The molecule has 0 saturated heterocycles. The SMILES string of the molecule is C#Cc1c(-c2ccc(C)cc2)c(C#N)c(N)[nH]c1=S.CC. The molecule has 0 spiro atoms. The summed E-state index contributed by atoms with van der Waals surface area (Å²) in [5.41, 5.74) is 9.20. The van der Waals surface area contributed by atoms with Crippen molar-refractivity contribution < 1.29 is 0 Å². The summed E-state index contributed by atoms with van der Waals surface area (Å²) in [6, 6.07) is 9.79. The van der Waals surface area contributed by atoms with Gasteiger partial charge in [-0.15, -0.1) is 6.42 Å². The van der Waals surface area contributed by atoms with Gasteiger partial charge in [0.25, 0.3) is 0 Å². The van der Waals surface area contributed by atoms with Gasteiger partial charge in [-0.05, 0) is 12.5 Å². The molecule has 2 aromatic rings. The number of hydrogen-bond acceptors (Lipinski definition) is 3. The number of terminal acetylenes is 1. The first-order valence-electron chi connectivity index (χ1n) is 6.58. The van der Waals surface area contributed by atoms with Crippen LogP contribution < -0.4 is 5.73 Å². The predicted octanol–water partition coefficient (Wildman–Crippen LogP) is 4.18. The molecule has 4 heteroatoms. The van der Waals surface area contributed by atoms with Crippen molar-refractivity contribution in [3.63, 3.8) is 0 Å². The average Bonchev–Trinajstić information content (AvgIpc) is 2.49. The summed E-state index contributed by atoms with van der Waals surface area (Å²) in [6.07, 6.45) is 5.51. The van der Waals surface area contributed by atoms with Crippen molar-refractivity contribution in [3.05, 3.63) is 45.6 Å². The Hall–Kier alpha value is -2.56. The third-order valence-electron chi connectivity index (χ3n) is 2.84. The van der Waals surface area contributed by atoms with Gasteiger partial charge < -0.3 is 10.7 Å². The number of aromatic nitrogens is 1. The molecule has 3 N–H and O–H groups in total. The lowest BCUT2D eigenvalue weighted by Crippen LogP contribution is -2.01. The van der Waals surface area contributed by atoms with Crippen LogP contribution in [0.25, 0.3) is 11.1 Å². The molecular formula is C17H17N3S. The number of rotatable bonds is 1. The molecule has 0 unspecified atom stereocenters. The van der Waals surface area contributed by atoms with Crippen LogP contribution in [0.2, 0.25) is 0 Å². The zero-order valence-corrected chi connectivity index (χ0v) is 13.1. The molecule has 0 fully saturated rings. The zero-order valence-electron chi connectivity index (χ0n) is 12.3. The van der Waals surface area contributed by atoms with E-state index in [4.69, 9.17) is 24.4 Å². The maximum atomic E-state index is 9.27. The minimum absolute atomic E-state index is 0.238. The first-order valence-corrected chi connectivity index (χ1v) is 6.98. The molecule has 1 aromatic carbocycles. The Labute approximate surface area is 130 Å². The highest BCUT2D eigenvalue weighted by Gasteiger charge is 2.14. The van der Waals surface area contributed by atoms with Crippen LogP contribution in [0.15, 0.2) is 24.3 Å². The number of nitrogens with one attached hydrogen (secondary N) is 1. The number of nitrogens with two attached hydrogens (primary N) is 1. The number of H-pyrrole nitrogens is 1. The van der Waals surface area contributed by atoms with Crippen LogP contribution in [0, 0.1) is 35.2 Å². The second-order valence-electron chi connectivity index (χ2n) is 4.11. The molecule has 0 aliphatic heterocycles. The Kier molecular flexibility index (Phi) is 5.72. The summed E-state index contributed by atoms with van der Waals surface area (Å²) < 4.78 is 0.370. The highest BCUT2D eigenvalue weighted by Crippen LogP contribution is 2.30. The first-order chi connectivity index (χ1) is 10.1. The van der Waals surface area contributed by atoms with E-state index in [0.29, 0.717) is 21.3 Å². The Bertz CT molecular complexity index is 772. The minimum atomic E-state index is 0.238. The van der Waals surface area contributed by atoms with Crippen molar-refractivity contribution in [1.29, 1.82) is 5.26 Å². The molecule has 2 rings (SSSR count). The second kappa shape index (κ2) is 7.28. The summed E-state index contributed by atoms with van der Waals surface area (Å²) in [6.45, 7) is 5.99. The van der Waals surface area contributed by atoms with Gasteiger partial charge in [0.1, 0.15) is 22.1 Å². The molecule has 3 nitrogen and oxygen atoms in total. The molecule has 0 radical (unpaired) electrons. The fourth-order valence-corrected chi connectivity index (χ4v) is 2.15. The number of hydrogen-bond donors (Lipinski definition) is 2. The molecule has 0 saturated carbocycles. The molecule has 1 aromatic heterocycles. The number of benzene rings is 1. The Morgan fingerprint density at radius 3 is 2.24 bits per heavy atom. The molecule has 21 heavy (non-hydrogen) atoms. The van der Waals surface area contributed by atoms with Gasteiger partial charge in [-0.3, -0.25) is 0 Å². The Morgan fingerprint density at radius 1 is 1.19 bits per heavy atom. The minimum Gasteiger partial charge on any atom is -0.384 e. The van der Waals surface area contributed by atoms with E-state index in [2.05, 4.69) is 17.0 Å². The first kappa shape index (κ1) is 16.5. The average molecular weight is 295 g/mol. The van der Waals surface area contributed by atoms with Gasteiger partial charge in [0, 0.05) is 5.56 Å². The quantitative estimate of drug-likeness (QED) is 0.612. The zero-order chi connectivity index (χ0) is 16.0. The smallest absolute Gasteiger partial charge is 0.121 e. The lowest BCUT2D eigenvalue weighted by atomic mass is 9.96. The normalized spacial score (nSPS) is 9.00. The standard InChI is InChI=1S/C15H11N3S.C2H6/c1-3-11-13(10-6-4-9(2)5-7-10)12(8-16)14(17)18-15(11)19;1-2/h1,4-7H,2H3,(H3,17,18,19);1-2H3. The van der Waals surface area contributed by atoms with Crippen molar-refractivity contribution >= 4 is 18.0 Å². The van der Waals surface area contributed by atoms with Crippen LogP contribution in [-0.4, -0.2) is 4.98 Å². The fourth-order valence-electron chi connectivity index (χ4n) is 1.88. The van der Waals surface area contributed by atoms with Gasteiger partial charge in [0.15, 0.2) is 0 Å². The van der Waals surface area contributed by atoms with Crippen molar-refractivity contribution in [3.8, 4) is 29.5 Å². The van der Waals surface area contributed by atoms with Crippen LogP contribution in [-0.2, 0) is 0 Å². The Morgan fingerprint density at radius 2 is 1.76 bits per heavy atom. The molecule has 1 heterocycles. The summed E-state index contributed by atoms with van der Waals surface area (Å²) in [4.78, 5) is 2.76. The molecule has 106 valence electrons. The number of anilines is 1. The van der Waals surface area contributed by atoms with E-state index in [-0.39, 0.29) is 5.82 Å². The number of nitriles is 1. The molecule has 0 aliphatic carbocycles. The van der Waals surface area contributed by atoms with Crippen molar-refractivity contribution in [2.75, 3.05) is 5.73 Å². The molecule has 0 bridgehead atoms. The third kappa shape index (κ3) is 3.31. The van der Waals surface area contributed by atoms with E-state index in [9.17, 15) is 5.26 Å². The van der Waals surface area contributed by atoms with Crippen LogP contribution in [0.1, 0.15) is 30.5 Å². The lowest BCUT2D eigenvalue weighted by molar-refractivity contribution is 1.27. The number of aromatic amines is 1. The summed E-state index contributed by atoms with van der Waals surface area (Å²) in [5, 5.41) is 9.27. The van der Waals surface area contributed by atoms with Crippen molar-refractivity contribution in [2.24, 2.45) is 0 Å². The molecule has 0 aliphatic rings. The van der Waals surface area contributed by atoms with E-state index in [0.717, 1.165) is 11.1 Å². The van der Waals surface area contributed by atoms with Gasteiger partial charge in [-0.2, -0.15) is 5.26 Å². The van der Waals surface area contributed by atoms with E-state index >= 15 is 0 Å².